The summed E-state index contributed by atoms with van der Waals surface area (Å²) in [6.07, 6.45) is 2.34. The first-order valence-electron chi connectivity index (χ1n) is 15.9. The summed E-state index contributed by atoms with van der Waals surface area (Å²) in [5, 5.41) is 15.0. The first kappa shape index (κ1) is 31.6. The minimum absolute atomic E-state index is 0.00220. The molecule has 2 N–H and O–H groups in total. The fourth-order valence-corrected chi connectivity index (χ4v) is 6.07. The third-order valence-electron chi connectivity index (χ3n) is 9.14. The van der Waals surface area contributed by atoms with Crippen molar-refractivity contribution in [1.29, 1.82) is 0 Å². The number of ether oxygens (including phenoxy) is 2. The molecule has 0 aliphatic carbocycles. The second-order valence-electron chi connectivity index (χ2n) is 12.2. The minimum Gasteiger partial charge on any atom is -0.392 e. The Hall–Kier alpha value is -4.40. The SMILES string of the molecule is C[C@H]1[C@@H](CN(C)[C@H](C)c2ccc3ccccc3c2)O[C@@H](c2ccc(CNC(=O)c3cccnc3)cc2)O[C@H]1c1ccc(CO)cc1. The topological polar surface area (TPSA) is 83.9 Å². The van der Waals surface area contributed by atoms with Crippen LogP contribution in [0, 0.1) is 5.92 Å². The van der Waals surface area contributed by atoms with Gasteiger partial charge in [0.2, 0.25) is 0 Å². The van der Waals surface area contributed by atoms with Crippen LogP contribution in [0.3, 0.4) is 0 Å². The van der Waals surface area contributed by atoms with E-state index in [2.05, 4.69) is 78.6 Å². The van der Waals surface area contributed by atoms with E-state index in [4.69, 9.17) is 9.47 Å². The van der Waals surface area contributed by atoms with Gasteiger partial charge >= 0.3 is 0 Å². The van der Waals surface area contributed by atoms with Crippen molar-refractivity contribution in [3.63, 3.8) is 0 Å². The van der Waals surface area contributed by atoms with Crippen LogP contribution in [-0.4, -0.2) is 40.6 Å². The zero-order chi connectivity index (χ0) is 32.0. The molecule has 7 nitrogen and oxygen atoms in total. The van der Waals surface area contributed by atoms with Crippen molar-refractivity contribution in [2.45, 2.75) is 51.5 Å². The van der Waals surface area contributed by atoms with E-state index >= 15 is 0 Å². The van der Waals surface area contributed by atoms with E-state index in [1.807, 2.05) is 48.5 Å². The monoisotopic (exact) mass is 615 g/mol. The molecule has 0 spiro atoms. The molecule has 1 aliphatic heterocycles. The van der Waals surface area contributed by atoms with Crippen LogP contribution < -0.4 is 5.32 Å². The molecule has 4 aromatic carbocycles. The Kier molecular flexibility index (Phi) is 9.85. The van der Waals surface area contributed by atoms with Crippen molar-refractivity contribution >= 4 is 16.7 Å². The van der Waals surface area contributed by atoms with Crippen LogP contribution in [0.5, 0.6) is 0 Å². The van der Waals surface area contributed by atoms with Crippen LogP contribution in [0.2, 0.25) is 0 Å². The van der Waals surface area contributed by atoms with Crippen molar-refractivity contribution in [2.24, 2.45) is 5.92 Å². The molecule has 46 heavy (non-hydrogen) atoms. The number of aromatic nitrogens is 1. The second-order valence-corrected chi connectivity index (χ2v) is 12.2. The van der Waals surface area contributed by atoms with E-state index in [1.165, 1.54) is 16.3 Å². The molecule has 0 bridgehead atoms. The lowest BCUT2D eigenvalue weighted by Gasteiger charge is -2.43. The lowest BCUT2D eigenvalue weighted by molar-refractivity contribution is -0.276. The zero-order valence-corrected chi connectivity index (χ0v) is 26.5. The largest absolute Gasteiger partial charge is 0.392 e. The molecule has 1 amide bonds. The van der Waals surface area contributed by atoms with E-state index in [1.54, 1.807) is 24.5 Å². The molecule has 5 atom stereocenters. The first-order valence-corrected chi connectivity index (χ1v) is 15.9. The van der Waals surface area contributed by atoms with Crippen molar-refractivity contribution in [3.05, 3.63) is 149 Å². The highest BCUT2D eigenvalue weighted by molar-refractivity contribution is 5.93. The number of nitrogens with zero attached hydrogens (tertiary/aromatic N) is 2. The highest BCUT2D eigenvalue weighted by atomic mass is 16.7. The number of likely N-dealkylation sites (N-methyl/N-ethyl adjacent to an activating group) is 1. The molecule has 1 aliphatic rings. The Bertz CT molecular complexity index is 1740. The van der Waals surface area contributed by atoms with Crippen molar-refractivity contribution in [2.75, 3.05) is 13.6 Å². The van der Waals surface area contributed by atoms with Gasteiger partial charge < -0.3 is 19.9 Å². The number of benzene rings is 4. The molecule has 1 aromatic heterocycles. The Labute approximate surface area is 270 Å². The van der Waals surface area contributed by atoms with Crippen LogP contribution in [0.15, 0.2) is 116 Å². The Morgan fingerprint density at radius 1 is 0.891 bits per heavy atom. The van der Waals surface area contributed by atoms with Crippen LogP contribution in [0.25, 0.3) is 10.8 Å². The molecular formula is C39H41N3O4. The summed E-state index contributed by atoms with van der Waals surface area (Å²) in [7, 11) is 2.15. The molecule has 0 saturated carbocycles. The first-order chi connectivity index (χ1) is 22.4. The summed E-state index contributed by atoms with van der Waals surface area (Å²) in [5.41, 5.74) is 5.61. The highest BCUT2D eigenvalue weighted by Crippen LogP contribution is 2.42. The molecule has 1 saturated heterocycles. The lowest BCUT2D eigenvalue weighted by atomic mass is 9.89. The predicted molar refractivity (Wildman–Crippen MR) is 180 cm³/mol. The summed E-state index contributed by atoms with van der Waals surface area (Å²) in [5.74, 6) is -0.0884. The predicted octanol–water partition coefficient (Wildman–Crippen LogP) is 7.14. The fraction of sp³-hybridized carbons (Fsp3) is 0.282. The number of hydrogen-bond donors (Lipinski definition) is 2. The quantitative estimate of drug-likeness (QED) is 0.174. The van der Waals surface area contributed by atoms with Crippen LogP contribution in [0.4, 0.5) is 0 Å². The number of carbonyl (C=O) groups excluding carboxylic acids is 1. The van der Waals surface area contributed by atoms with Gasteiger partial charge in [-0.15, -0.1) is 0 Å². The summed E-state index contributed by atoms with van der Waals surface area (Å²) in [4.78, 5) is 18.9. The number of nitrogens with one attached hydrogen (secondary N) is 1. The molecule has 6 rings (SSSR count). The maximum absolute atomic E-state index is 12.5. The number of rotatable bonds is 10. The molecule has 0 radical (unpaired) electrons. The average Bonchev–Trinajstić information content (AvgIpc) is 3.11. The second kappa shape index (κ2) is 14.4. The third kappa shape index (κ3) is 7.19. The van der Waals surface area contributed by atoms with Gasteiger partial charge in [0.25, 0.3) is 5.91 Å². The molecule has 236 valence electrons. The molecule has 0 unspecified atom stereocenters. The van der Waals surface area contributed by atoms with E-state index < -0.39 is 6.29 Å². The summed E-state index contributed by atoms with van der Waals surface area (Å²) >= 11 is 0. The number of fused-ring (bicyclic) bond motifs is 1. The van der Waals surface area contributed by atoms with Gasteiger partial charge in [-0.1, -0.05) is 91.9 Å². The van der Waals surface area contributed by atoms with E-state index in [0.717, 1.165) is 28.8 Å². The smallest absolute Gasteiger partial charge is 0.253 e. The average molecular weight is 616 g/mol. The minimum atomic E-state index is -0.563. The number of hydrogen-bond acceptors (Lipinski definition) is 6. The Morgan fingerprint density at radius 3 is 2.33 bits per heavy atom. The van der Waals surface area contributed by atoms with Crippen molar-refractivity contribution < 1.29 is 19.4 Å². The van der Waals surface area contributed by atoms with Crippen LogP contribution in [0.1, 0.15) is 70.5 Å². The van der Waals surface area contributed by atoms with Gasteiger partial charge in [-0.05, 0) is 65.2 Å². The maximum atomic E-state index is 12.5. The van der Waals surface area contributed by atoms with Gasteiger partial charge in [-0.25, -0.2) is 0 Å². The molecule has 5 aromatic rings. The van der Waals surface area contributed by atoms with Crippen molar-refractivity contribution in [3.8, 4) is 0 Å². The van der Waals surface area contributed by atoms with Gasteiger partial charge in [-0.3, -0.25) is 14.7 Å². The summed E-state index contributed by atoms with van der Waals surface area (Å²) in [6, 6.07) is 34.8. The van der Waals surface area contributed by atoms with E-state index in [0.29, 0.717) is 12.1 Å². The third-order valence-corrected chi connectivity index (χ3v) is 9.14. The molecule has 2 heterocycles. The van der Waals surface area contributed by atoms with Gasteiger partial charge in [0.05, 0.1) is 24.4 Å². The van der Waals surface area contributed by atoms with Crippen LogP contribution in [-0.2, 0) is 22.6 Å². The van der Waals surface area contributed by atoms with Gasteiger partial charge in [0, 0.05) is 43.0 Å². The number of aliphatic hydroxyl groups is 1. The van der Waals surface area contributed by atoms with Crippen LogP contribution >= 0.6 is 0 Å². The Balaban J connectivity index is 1.19. The highest BCUT2D eigenvalue weighted by Gasteiger charge is 2.39. The van der Waals surface area contributed by atoms with Gasteiger partial charge in [-0.2, -0.15) is 0 Å². The summed E-state index contributed by atoms with van der Waals surface area (Å²) < 4.78 is 13.4. The lowest BCUT2D eigenvalue weighted by Crippen LogP contribution is -2.44. The number of pyridine rings is 1. The standard InChI is InChI=1S/C39H41N3O4/c1-26-36(24-42(3)27(2)33-19-18-30-7-4-5-8-34(30)21-33)45-39(46-37(26)31-14-12-29(25-43)13-15-31)32-16-10-28(11-17-32)22-41-38(44)35-9-6-20-40-23-35/h4-21,23,26-27,36-37,39,43H,22,24-25H2,1-3H3,(H,41,44)/t26-,27+,36+,37+,39+/m0/s1. The van der Waals surface area contributed by atoms with E-state index in [9.17, 15) is 9.90 Å². The number of amides is 1. The molecule has 7 heteroatoms. The molecular weight excluding hydrogens is 574 g/mol. The number of carbonyl (C=O) groups is 1. The van der Waals surface area contributed by atoms with Gasteiger partial charge in [0.1, 0.15) is 0 Å². The maximum Gasteiger partial charge on any atom is 0.253 e. The van der Waals surface area contributed by atoms with E-state index in [-0.39, 0.29) is 36.7 Å². The fourth-order valence-electron chi connectivity index (χ4n) is 6.07. The molecule has 1 fully saturated rings. The normalized spacial score (nSPS) is 20.5. The van der Waals surface area contributed by atoms with Gasteiger partial charge in [0.15, 0.2) is 6.29 Å². The number of aliphatic hydroxyl groups excluding tert-OH is 1. The summed E-state index contributed by atoms with van der Waals surface area (Å²) in [6.45, 7) is 5.55. The zero-order valence-electron chi connectivity index (χ0n) is 26.5. The van der Waals surface area contributed by atoms with Crippen molar-refractivity contribution in [1.82, 2.24) is 15.2 Å². The Morgan fingerprint density at radius 2 is 1.61 bits per heavy atom.